The third-order valence-electron chi connectivity index (χ3n) is 4.97. The van der Waals surface area contributed by atoms with Crippen molar-refractivity contribution in [3.8, 4) is 0 Å². The Hall–Kier alpha value is -2.03. The number of aryl methyl sites for hydroxylation is 1. The number of carbonyl (C=O) groups is 2. The number of nitrogens with zero attached hydrogens (tertiary/aromatic N) is 3. The SMILES string of the molecule is C[C@@H]1CCCCN1CCNC(=O)CCc1nnc(C(=O)Nc2cccc(Cl)c2)s1. The Morgan fingerprint density at radius 3 is 2.97 bits per heavy atom. The Bertz CT molecular complexity index is 844. The molecule has 2 heterocycles. The molecule has 7 nitrogen and oxygen atoms in total. The number of carbonyl (C=O) groups excluding carboxylic acids is 2. The van der Waals surface area contributed by atoms with Crippen LogP contribution in [0.2, 0.25) is 5.02 Å². The smallest absolute Gasteiger partial charge is 0.286 e. The summed E-state index contributed by atoms with van der Waals surface area (Å²) in [6.45, 7) is 4.91. The molecule has 1 atom stereocenters. The van der Waals surface area contributed by atoms with Gasteiger partial charge in [0.15, 0.2) is 0 Å². The van der Waals surface area contributed by atoms with Gasteiger partial charge in [0.25, 0.3) is 5.91 Å². The summed E-state index contributed by atoms with van der Waals surface area (Å²) < 4.78 is 0. The molecule has 0 unspecified atom stereocenters. The number of likely N-dealkylation sites (tertiary alicyclic amines) is 1. The maximum absolute atomic E-state index is 12.3. The second kappa shape index (κ2) is 10.7. The van der Waals surface area contributed by atoms with Gasteiger partial charge in [-0.3, -0.25) is 14.5 Å². The number of aromatic nitrogens is 2. The number of hydrogen-bond donors (Lipinski definition) is 2. The first-order chi connectivity index (χ1) is 14.0. The normalized spacial score (nSPS) is 17.1. The van der Waals surface area contributed by atoms with Gasteiger partial charge in [0.1, 0.15) is 5.01 Å². The van der Waals surface area contributed by atoms with Crippen LogP contribution in [-0.2, 0) is 11.2 Å². The highest BCUT2D eigenvalue weighted by molar-refractivity contribution is 7.13. The third kappa shape index (κ3) is 6.76. The van der Waals surface area contributed by atoms with E-state index in [9.17, 15) is 9.59 Å². The molecule has 1 aromatic carbocycles. The van der Waals surface area contributed by atoms with Gasteiger partial charge in [-0.25, -0.2) is 0 Å². The number of benzene rings is 1. The minimum absolute atomic E-state index is 0.00482. The molecule has 156 valence electrons. The van der Waals surface area contributed by atoms with Crippen LogP contribution in [0.1, 0.15) is 47.4 Å². The van der Waals surface area contributed by atoms with Gasteiger partial charge in [-0.2, -0.15) is 0 Å². The fraction of sp³-hybridized carbons (Fsp3) is 0.500. The lowest BCUT2D eigenvalue weighted by atomic mass is 10.0. The van der Waals surface area contributed by atoms with Crippen molar-refractivity contribution in [2.24, 2.45) is 0 Å². The van der Waals surface area contributed by atoms with Crippen molar-refractivity contribution in [2.45, 2.75) is 45.1 Å². The molecule has 0 aliphatic carbocycles. The quantitative estimate of drug-likeness (QED) is 0.663. The van der Waals surface area contributed by atoms with Crippen LogP contribution in [0, 0.1) is 0 Å². The number of anilines is 1. The van der Waals surface area contributed by atoms with Crippen molar-refractivity contribution in [3.05, 3.63) is 39.3 Å². The number of nitrogens with one attached hydrogen (secondary N) is 2. The van der Waals surface area contributed by atoms with Crippen LogP contribution in [0.15, 0.2) is 24.3 Å². The average molecular weight is 436 g/mol. The van der Waals surface area contributed by atoms with Crippen molar-refractivity contribution in [1.29, 1.82) is 0 Å². The van der Waals surface area contributed by atoms with E-state index in [0.29, 0.717) is 41.1 Å². The maximum Gasteiger partial charge on any atom is 0.286 e. The van der Waals surface area contributed by atoms with E-state index in [1.165, 1.54) is 30.6 Å². The van der Waals surface area contributed by atoms with Crippen molar-refractivity contribution >= 4 is 40.4 Å². The van der Waals surface area contributed by atoms with Crippen LogP contribution in [0.25, 0.3) is 0 Å². The molecule has 0 radical (unpaired) electrons. The van der Waals surface area contributed by atoms with Crippen LogP contribution >= 0.6 is 22.9 Å². The number of piperidine rings is 1. The summed E-state index contributed by atoms with van der Waals surface area (Å²) in [6.07, 6.45) is 4.57. The molecule has 1 aliphatic heterocycles. The number of hydrogen-bond acceptors (Lipinski definition) is 6. The van der Waals surface area contributed by atoms with Crippen LogP contribution < -0.4 is 10.6 Å². The topological polar surface area (TPSA) is 87.2 Å². The lowest BCUT2D eigenvalue weighted by molar-refractivity contribution is -0.121. The number of rotatable bonds is 8. The second-order valence-electron chi connectivity index (χ2n) is 7.20. The summed E-state index contributed by atoms with van der Waals surface area (Å²) in [5.74, 6) is -0.342. The van der Waals surface area contributed by atoms with E-state index in [1.54, 1.807) is 24.3 Å². The summed E-state index contributed by atoms with van der Waals surface area (Å²) in [5.41, 5.74) is 0.599. The summed E-state index contributed by atoms with van der Waals surface area (Å²) in [4.78, 5) is 26.8. The van der Waals surface area contributed by atoms with Crippen LogP contribution in [0.5, 0.6) is 0 Å². The zero-order valence-corrected chi connectivity index (χ0v) is 18.1. The largest absolute Gasteiger partial charge is 0.355 e. The summed E-state index contributed by atoms with van der Waals surface area (Å²) in [6, 6.07) is 7.50. The Balaban J connectivity index is 1.39. The molecular formula is C20H26ClN5O2S. The maximum atomic E-state index is 12.3. The fourth-order valence-corrected chi connectivity index (χ4v) is 4.26. The molecule has 9 heteroatoms. The predicted molar refractivity (Wildman–Crippen MR) is 116 cm³/mol. The minimum atomic E-state index is -0.337. The van der Waals surface area contributed by atoms with Gasteiger partial charge in [-0.1, -0.05) is 35.4 Å². The van der Waals surface area contributed by atoms with E-state index in [2.05, 4.69) is 32.7 Å². The van der Waals surface area contributed by atoms with E-state index < -0.39 is 0 Å². The summed E-state index contributed by atoms with van der Waals surface area (Å²) in [7, 11) is 0. The van der Waals surface area contributed by atoms with Gasteiger partial charge in [0, 0.05) is 42.7 Å². The Morgan fingerprint density at radius 2 is 2.17 bits per heavy atom. The highest BCUT2D eigenvalue weighted by Gasteiger charge is 2.18. The van der Waals surface area contributed by atoms with Crippen LogP contribution in [0.4, 0.5) is 5.69 Å². The monoisotopic (exact) mass is 435 g/mol. The highest BCUT2D eigenvalue weighted by atomic mass is 35.5. The molecule has 1 saturated heterocycles. The fourth-order valence-electron chi connectivity index (χ4n) is 3.33. The second-order valence-corrected chi connectivity index (χ2v) is 8.69. The lowest BCUT2D eigenvalue weighted by Crippen LogP contribution is -2.42. The van der Waals surface area contributed by atoms with Crippen LogP contribution in [-0.4, -0.2) is 52.6 Å². The number of amides is 2. The molecule has 1 aromatic heterocycles. The Morgan fingerprint density at radius 1 is 1.31 bits per heavy atom. The standard InChI is InChI=1S/C20H26ClN5O2S/c1-14-5-2-3-11-26(14)12-10-22-17(27)8-9-18-24-25-20(29-18)19(28)23-16-7-4-6-15(21)13-16/h4,6-7,13-14H,2-3,5,8-12H2,1H3,(H,22,27)(H,23,28)/t14-/m1/s1. The van der Waals surface area contributed by atoms with Crippen molar-refractivity contribution < 1.29 is 9.59 Å². The molecule has 1 fully saturated rings. The molecule has 2 amide bonds. The average Bonchev–Trinajstić information content (AvgIpc) is 3.17. The molecule has 3 rings (SSSR count). The Labute approximate surface area is 179 Å². The van der Waals surface area contributed by atoms with E-state index in [1.807, 2.05) is 0 Å². The lowest BCUT2D eigenvalue weighted by Gasteiger charge is -2.33. The van der Waals surface area contributed by atoms with E-state index in [0.717, 1.165) is 13.1 Å². The van der Waals surface area contributed by atoms with Gasteiger partial charge in [0.2, 0.25) is 10.9 Å². The molecule has 0 spiro atoms. The van der Waals surface area contributed by atoms with Gasteiger partial charge in [-0.05, 0) is 44.5 Å². The van der Waals surface area contributed by atoms with E-state index in [-0.39, 0.29) is 16.8 Å². The van der Waals surface area contributed by atoms with Gasteiger partial charge in [0.05, 0.1) is 0 Å². The zero-order chi connectivity index (χ0) is 20.6. The summed E-state index contributed by atoms with van der Waals surface area (Å²) >= 11 is 7.12. The first-order valence-electron chi connectivity index (χ1n) is 9.91. The van der Waals surface area contributed by atoms with Gasteiger partial charge < -0.3 is 10.6 Å². The molecule has 29 heavy (non-hydrogen) atoms. The zero-order valence-electron chi connectivity index (χ0n) is 16.5. The predicted octanol–water partition coefficient (Wildman–Crippen LogP) is 3.37. The minimum Gasteiger partial charge on any atom is -0.355 e. The van der Waals surface area contributed by atoms with Gasteiger partial charge >= 0.3 is 0 Å². The molecular weight excluding hydrogens is 410 g/mol. The molecule has 0 saturated carbocycles. The molecule has 2 aromatic rings. The van der Waals surface area contributed by atoms with Gasteiger partial charge in [-0.15, -0.1) is 10.2 Å². The number of halogens is 1. The van der Waals surface area contributed by atoms with Crippen molar-refractivity contribution in [3.63, 3.8) is 0 Å². The van der Waals surface area contributed by atoms with E-state index >= 15 is 0 Å². The summed E-state index contributed by atoms with van der Waals surface area (Å²) in [5, 5.41) is 15.1. The van der Waals surface area contributed by atoms with E-state index in [4.69, 9.17) is 11.6 Å². The third-order valence-corrected chi connectivity index (χ3v) is 6.19. The molecule has 2 N–H and O–H groups in total. The molecule has 1 aliphatic rings. The first kappa shape index (κ1) is 21.7. The van der Waals surface area contributed by atoms with Crippen LogP contribution in [0.3, 0.4) is 0 Å². The highest BCUT2D eigenvalue weighted by Crippen LogP contribution is 2.18. The van der Waals surface area contributed by atoms with Crippen molar-refractivity contribution in [1.82, 2.24) is 20.4 Å². The Kier molecular flexibility index (Phi) is 7.97. The first-order valence-corrected chi connectivity index (χ1v) is 11.1. The van der Waals surface area contributed by atoms with Crippen molar-refractivity contribution in [2.75, 3.05) is 25.0 Å². The molecule has 0 bridgehead atoms.